The third-order valence-electron chi connectivity index (χ3n) is 5.70. The van der Waals surface area contributed by atoms with Gasteiger partial charge in [0.2, 0.25) is 0 Å². The van der Waals surface area contributed by atoms with Gasteiger partial charge in [0.25, 0.3) is 0 Å². The average Bonchev–Trinajstić information content (AvgIpc) is 2.46. The fourth-order valence-corrected chi connectivity index (χ4v) is 4.15. The summed E-state index contributed by atoms with van der Waals surface area (Å²) in [6, 6.07) is 0.806. The van der Waals surface area contributed by atoms with Gasteiger partial charge in [-0.3, -0.25) is 4.79 Å². The molecule has 0 aromatic carbocycles. The van der Waals surface area contributed by atoms with E-state index < -0.39 is 0 Å². The summed E-state index contributed by atoms with van der Waals surface area (Å²) in [6.07, 6.45) is 7.78. The lowest BCUT2D eigenvalue weighted by Crippen LogP contribution is -2.45. The van der Waals surface area contributed by atoms with Crippen molar-refractivity contribution in [3.05, 3.63) is 0 Å². The molecule has 1 saturated heterocycles. The zero-order valence-electron chi connectivity index (χ0n) is 13.9. The first-order valence-electron chi connectivity index (χ1n) is 8.76. The van der Waals surface area contributed by atoms with Crippen LogP contribution in [0.1, 0.15) is 66.2 Å². The van der Waals surface area contributed by atoms with E-state index in [1.807, 2.05) is 13.8 Å². The Labute approximate surface area is 125 Å². The van der Waals surface area contributed by atoms with Crippen molar-refractivity contribution in [1.82, 2.24) is 4.90 Å². The molecule has 0 amide bonds. The molecule has 20 heavy (non-hydrogen) atoms. The Morgan fingerprint density at radius 2 is 1.45 bits per heavy atom. The molecule has 2 heteroatoms. The lowest BCUT2D eigenvalue weighted by atomic mass is 9.78. The minimum absolute atomic E-state index is 0.216. The summed E-state index contributed by atoms with van der Waals surface area (Å²) in [4.78, 5) is 14.8. The first-order valence-corrected chi connectivity index (χ1v) is 8.76. The van der Waals surface area contributed by atoms with E-state index in [0.717, 1.165) is 43.8 Å². The van der Waals surface area contributed by atoms with E-state index in [9.17, 15) is 4.79 Å². The fourth-order valence-electron chi connectivity index (χ4n) is 4.15. The predicted octanol–water partition coefficient (Wildman–Crippen LogP) is 4.14. The Bertz CT molecular complexity index is 307. The van der Waals surface area contributed by atoms with Gasteiger partial charge < -0.3 is 4.90 Å². The van der Waals surface area contributed by atoms with Crippen LogP contribution in [0.3, 0.4) is 0 Å². The molecule has 2 rings (SSSR count). The van der Waals surface area contributed by atoms with Crippen LogP contribution in [0.15, 0.2) is 0 Å². The number of carbonyl (C=O) groups is 1. The number of hydrogen-bond donors (Lipinski definition) is 0. The van der Waals surface area contributed by atoms with Gasteiger partial charge in [0.1, 0.15) is 5.78 Å². The summed E-state index contributed by atoms with van der Waals surface area (Å²) >= 11 is 0. The first kappa shape index (κ1) is 16.0. The quantitative estimate of drug-likeness (QED) is 0.771. The molecule has 0 N–H and O–H groups in total. The molecule has 0 atom stereocenters. The molecule has 1 saturated carbocycles. The normalized spacial score (nSPS) is 30.1. The Morgan fingerprint density at radius 3 is 1.90 bits per heavy atom. The summed E-state index contributed by atoms with van der Waals surface area (Å²) in [7, 11) is 0. The molecule has 0 radical (unpaired) electrons. The van der Waals surface area contributed by atoms with Crippen LogP contribution >= 0.6 is 0 Å². The summed E-state index contributed by atoms with van der Waals surface area (Å²) < 4.78 is 0. The van der Waals surface area contributed by atoms with Crippen molar-refractivity contribution in [3.63, 3.8) is 0 Å². The number of nitrogens with zero attached hydrogens (tertiary/aromatic N) is 1. The van der Waals surface area contributed by atoms with Gasteiger partial charge in [-0.05, 0) is 63.5 Å². The SMILES string of the molecule is CC(C)C(=O)C1CCN(C2CCC(C(C)C)CC2)CC1. The van der Waals surface area contributed by atoms with Crippen molar-refractivity contribution in [3.8, 4) is 0 Å². The maximum absolute atomic E-state index is 12.1. The molecule has 1 aliphatic carbocycles. The number of rotatable bonds is 4. The average molecular weight is 279 g/mol. The highest BCUT2D eigenvalue weighted by molar-refractivity contribution is 5.82. The molecule has 0 unspecified atom stereocenters. The standard InChI is InChI=1S/C18H33NO/c1-13(2)15-5-7-17(8-6-15)19-11-9-16(10-12-19)18(20)14(3)4/h13-17H,5-12H2,1-4H3. The highest BCUT2D eigenvalue weighted by Crippen LogP contribution is 2.34. The number of likely N-dealkylation sites (tertiary alicyclic amines) is 1. The Balaban J connectivity index is 1.76. The summed E-state index contributed by atoms with van der Waals surface area (Å²) in [6.45, 7) is 11.1. The molecule has 0 aromatic heterocycles. The first-order chi connectivity index (χ1) is 9.49. The number of Topliss-reactive ketones (excluding diaryl/α,β-unsaturated/α-hetero) is 1. The molecule has 0 aromatic rings. The van der Waals surface area contributed by atoms with E-state index in [2.05, 4.69) is 18.7 Å². The minimum Gasteiger partial charge on any atom is -0.300 e. The molecule has 0 spiro atoms. The molecular formula is C18H33NO. The van der Waals surface area contributed by atoms with E-state index in [1.54, 1.807) is 0 Å². The van der Waals surface area contributed by atoms with Crippen LogP contribution in [-0.4, -0.2) is 29.8 Å². The second-order valence-corrected chi connectivity index (χ2v) is 7.68. The molecule has 2 nitrogen and oxygen atoms in total. The molecule has 2 fully saturated rings. The van der Waals surface area contributed by atoms with E-state index in [0.29, 0.717) is 11.7 Å². The van der Waals surface area contributed by atoms with Crippen LogP contribution in [0.2, 0.25) is 0 Å². The third kappa shape index (κ3) is 3.84. The van der Waals surface area contributed by atoms with Crippen LogP contribution in [0.4, 0.5) is 0 Å². The Hall–Kier alpha value is -0.370. The molecular weight excluding hydrogens is 246 g/mol. The van der Waals surface area contributed by atoms with Gasteiger partial charge >= 0.3 is 0 Å². The van der Waals surface area contributed by atoms with Gasteiger partial charge in [-0.15, -0.1) is 0 Å². The van der Waals surface area contributed by atoms with Gasteiger partial charge in [0.05, 0.1) is 0 Å². The minimum atomic E-state index is 0.216. The largest absolute Gasteiger partial charge is 0.300 e. The smallest absolute Gasteiger partial charge is 0.138 e. The third-order valence-corrected chi connectivity index (χ3v) is 5.70. The van der Waals surface area contributed by atoms with Gasteiger partial charge in [-0.1, -0.05) is 27.7 Å². The monoisotopic (exact) mass is 279 g/mol. The zero-order valence-corrected chi connectivity index (χ0v) is 13.9. The maximum Gasteiger partial charge on any atom is 0.138 e. The number of piperidine rings is 1. The van der Waals surface area contributed by atoms with Crippen LogP contribution in [-0.2, 0) is 4.79 Å². The van der Waals surface area contributed by atoms with Gasteiger partial charge in [-0.2, -0.15) is 0 Å². The van der Waals surface area contributed by atoms with Crippen molar-refractivity contribution in [2.24, 2.45) is 23.7 Å². The fraction of sp³-hybridized carbons (Fsp3) is 0.944. The lowest BCUT2D eigenvalue weighted by Gasteiger charge is -2.41. The molecule has 1 aliphatic heterocycles. The van der Waals surface area contributed by atoms with Crippen LogP contribution < -0.4 is 0 Å². The van der Waals surface area contributed by atoms with Gasteiger partial charge in [0.15, 0.2) is 0 Å². The van der Waals surface area contributed by atoms with E-state index in [1.165, 1.54) is 25.7 Å². The van der Waals surface area contributed by atoms with Gasteiger partial charge in [-0.25, -0.2) is 0 Å². The molecule has 116 valence electrons. The topological polar surface area (TPSA) is 20.3 Å². The highest BCUT2D eigenvalue weighted by atomic mass is 16.1. The van der Waals surface area contributed by atoms with Crippen LogP contribution in [0.5, 0.6) is 0 Å². The second kappa shape index (κ2) is 7.06. The maximum atomic E-state index is 12.1. The second-order valence-electron chi connectivity index (χ2n) is 7.68. The highest BCUT2D eigenvalue weighted by Gasteiger charge is 2.32. The van der Waals surface area contributed by atoms with Crippen molar-refractivity contribution in [2.75, 3.05) is 13.1 Å². The summed E-state index contributed by atoms with van der Waals surface area (Å²) in [5, 5.41) is 0. The van der Waals surface area contributed by atoms with Crippen molar-refractivity contribution in [2.45, 2.75) is 72.3 Å². The van der Waals surface area contributed by atoms with Crippen molar-refractivity contribution in [1.29, 1.82) is 0 Å². The van der Waals surface area contributed by atoms with Crippen molar-refractivity contribution >= 4 is 5.78 Å². The van der Waals surface area contributed by atoms with E-state index in [-0.39, 0.29) is 5.92 Å². The number of carbonyl (C=O) groups excluding carboxylic acids is 1. The van der Waals surface area contributed by atoms with E-state index in [4.69, 9.17) is 0 Å². The number of ketones is 1. The zero-order chi connectivity index (χ0) is 14.7. The Kier molecular flexibility index (Phi) is 5.65. The van der Waals surface area contributed by atoms with Crippen LogP contribution in [0.25, 0.3) is 0 Å². The number of hydrogen-bond acceptors (Lipinski definition) is 2. The van der Waals surface area contributed by atoms with Gasteiger partial charge in [0, 0.05) is 17.9 Å². The van der Waals surface area contributed by atoms with E-state index >= 15 is 0 Å². The Morgan fingerprint density at radius 1 is 0.900 bits per heavy atom. The summed E-state index contributed by atoms with van der Waals surface area (Å²) in [5.41, 5.74) is 0. The summed E-state index contributed by atoms with van der Waals surface area (Å²) in [5.74, 6) is 2.86. The lowest BCUT2D eigenvalue weighted by molar-refractivity contribution is -0.127. The molecule has 1 heterocycles. The molecule has 0 bridgehead atoms. The van der Waals surface area contributed by atoms with Crippen molar-refractivity contribution < 1.29 is 4.79 Å². The van der Waals surface area contributed by atoms with Crippen LogP contribution in [0, 0.1) is 23.7 Å². The molecule has 2 aliphatic rings. The predicted molar refractivity (Wildman–Crippen MR) is 84.7 cm³/mol.